The molecule has 0 N–H and O–H groups in total. The lowest BCUT2D eigenvalue weighted by Gasteiger charge is -2.26. The van der Waals surface area contributed by atoms with Gasteiger partial charge in [-0.2, -0.15) is 8.42 Å². The van der Waals surface area contributed by atoms with Gasteiger partial charge in [0.1, 0.15) is 7.41 Å². The van der Waals surface area contributed by atoms with Gasteiger partial charge in [-0.3, -0.25) is 8.98 Å². The van der Waals surface area contributed by atoms with Crippen LogP contribution in [-0.4, -0.2) is 58.2 Å². The van der Waals surface area contributed by atoms with Crippen molar-refractivity contribution in [3.05, 3.63) is 35.9 Å². The van der Waals surface area contributed by atoms with Gasteiger partial charge in [-0.1, -0.05) is 30.3 Å². The van der Waals surface area contributed by atoms with Crippen LogP contribution in [0.2, 0.25) is 0 Å². The molecule has 0 bridgehead atoms. The van der Waals surface area contributed by atoms with Crippen molar-refractivity contribution < 1.29 is 28.3 Å². The lowest BCUT2D eigenvalue weighted by molar-refractivity contribution is -0.149. The summed E-state index contributed by atoms with van der Waals surface area (Å²) < 4.78 is 38.6. The minimum Gasteiger partial charge on any atom is -0.467 e. The Hall–Kier alpha value is -1.93. The second kappa shape index (κ2) is 9.26. The third-order valence-corrected chi connectivity index (χ3v) is 3.67. The molecule has 0 spiro atoms. The molecule has 0 unspecified atom stereocenters. The van der Waals surface area contributed by atoms with E-state index in [4.69, 9.17) is 6.11 Å². The normalized spacial score (nSPS) is 13.0. The van der Waals surface area contributed by atoms with Gasteiger partial charge in [0, 0.05) is 13.0 Å². The summed E-state index contributed by atoms with van der Waals surface area (Å²) in [6.45, 7) is -0.133. The molecule has 128 valence electrons. The lowest BCUT2D eigenvalue weighted by atomic mass is 10.0. The lowest BCUT2D eigenvalue weighted by Crippen LogP contribution is -2.43. The Balaban J connectivity index is 2.81. The van der Waals surface area contributed by atoms with Crippen LogP contribution in [-0.2, 0) is 35.0 Å². The van der Waals surface area contributed by atoms with E-state index in [1.165, 1.54) is 7.11 Å². The molecule has 7 nitrogen and oxygen atoms in total. The maximum absolute atomic E-state index is 12.0. The maximum atomic E-state index is 12.0. The first-order chi connectivity index (χ1) is 11.2. The first-order valence-corrected chi connectivity index (χ1v) is 8.79. The number of methoxy groups -OCH3 is 1. The van der Waals surface area contributed by atoms with Gasteiger partial charge in [-0.25, -0.2) is 4.79 Å². The number of esters is 1. The SMILES string of the molecule is [2H]C(=O)N(CCCOS(C)(=O)=O)[C@@H](Cc1ccccc1)C(=O)OC. The quantitative estimate of drug-likeness (QED) is 0.282. The molecule has 0 saturated heterocycles. The standard InChI is InChI=1S/C15H21NO6S/c1-21-15(18)14(11-13-7-4-3-5-8-13)16(12-17)9-6-10-22-23(2,19)20/h3-5,7-8,12,14H,6,9-11H2,1-2H3/t14-/m0/s1/i12D. The highest BCUT2D eigenvalue weighted by Crippen LogP contribution is 2.10. The summed E-state index contributed by atoms with van der Waals surface area (Å²) in [7, 11) is -2.37. The fourth-order valence-corrected chi connectivity index (χ4v) is 2.43. The van der Waals surface area contributed by atoms with Crippen molar-refractivity contribution >= 4 is 22.5 Å². The molecule has 0 heterocycles. The molecule has 1 aromatic rings. The Bertz CT molecular complexity index is 649. The number of carbonyl (C=O) groups excluding carboxylic acids is 2. The van der Waals surface area contributed by atoms with Crippen LogP contribution >= 0.6 is 0 Å². The fraction of sp³-hybridized carbons (Fsp3) is 0.467. The molecule has 0 fully saturated rings. The minimum atomic E-state index is -3.57. The van der Waals surface area contributed by atoms with Crippen LogP contribution in [0.3, 0.4) is 0 Å². The van der Waals surface area contributed by atoms with E-state index in [1.54, 1.807) is 24.3 Å². The highest BCUT2D eigenvalue weighted by atomic mass is 32.2. The molecule has 8 heteroatoms. The molecule has 0 aromatic heterocycles. The summed E-state index contributed by atoms with van der Waals surface area (Å²) >= 11 is 0. The van der Waals surface area contributed by atoms with Crippen molar-refractivity contribution in [2.45, 2.75) is 18.9 Å². The monoisotopic (exact) mass is 344 g/mol. The van der Waals surface area contributed by atoms with E-state index >= 15 is 0 Å². The van der Waals surface area contributed by atoms with Gasteiger partial charge < -0.3 is 9.64 Å². The Kier molecular flexibility index (Phi) is 7.02. The molecule has 1 rings (SSSR count). The summed E-state index contributed by atoms with van der Waals surface area (Å²) in [5.74, 6) is -0.636. The number of hydrogen-bond donors (Lipinski definition) is 0. The number of benzene rings is 1. The van der Waals surface area contributed by atoms with Gasteiger partial charge in [-0.05, 0) is 12.0 Å². The summed E-state index contributed by atoms with van der Waals surface area (Å²) in [5.41, 5.74) is 0.812. The van der Waals surface area contributed by atoms with Crippen LogP contribution in [0.5, 0.6) is 0 Å². The van der Waals surface area contributed by atoms with Gasteiger partial charge in [0.15, 0.2) is 0 Å². The largest absolute Gasteiger partial charge is 0.467 e. The number of hydrogen-bond acceptors (Lipinski definition) is 6. The molecule has 0 radical (unpaired) electrons. The Morgan fingerprint density at radius 3 is 2.57 bits per heavy atom. The van der Waals surface area contributed by atoms with E-state index in [2.05, 4.69) is 4.18 Å². The smallest absolute Gasteiger partial charge is 0.328 e. The Morgan fingerprint density at radius 1 is 1.39 bits per heavy atom. The molecule has 0 aliphatic carbocycles. The Labute approximate surface area is 137 Å². The van der Waals surface area contributed by atoms with Crippen molar-refractivity contribution in [2.24, 2.45) is 0 Å². The van der Waals surface area contributed by atoms with Crippen molar-refractivity contribution in [3.63, 3.8) is 0 Å². The van der Waals surface area contributed by atoms with Crippen molar-refractivity contribution in [1.29, 1.82) is 0 Å². The second-order valence-electron chi connectivity index (χ2n) is 4.89. The number of amides is 1. The third-order valence-electron chi connectivity index (χ3n) is 3.08. The maximum Gasteiger partial charge on any atom is 0.328 e. The van der Waals surface area contributed by atoms with E-state index in [0.29, 0.717) is 0 Å². The predicted molar refractivity (Wildman–Crippen MR) is 84.1 cm³/mol. The molecule has 0 aliphatic heterocycles. The van der Waals surface area contributed by atoms with Crippen molar-refractivity contribution in [1.82, 2.24) is 4.90 Å². The first kappa shape index (κ1) is 17.4. The van der Waals surface area contributed by atoms with Gasteiger partial charge in [0.05, 0.1) is 20.0 Å². The zero-order chi connectivity index (χ0) is 18.2. The van der Waals surface area contributed by atoms with Crippen LogP contribution in [0.1, 0.15) is 13.4 Å². The van der Waals surface area contributed by atoms with E-state index in [-0.39, 0.29) is 26.0 Å². The minimum absolute atomic E-state index is 0.00442. The fourth-order valence-electron chi connectivity index (χ4n) is 2.00. The van der Waals surface area contributed by atoms with E-state index in [9.17, 15) is 18.0 Å². The number of nitrogens with zero attached hydrogens (tertiary/aromatic N) is 1. The van der Waals surface area contributed by atoms with Crippen LogP contribution in [0, 0.1) is 0 Å². The van der Waals surface area contributed by atoms with Gasteiger partial charge in [-0.15, -0.1) is 0 Å². The van der Waals surface area contributed by atoms with Gasteiger partial charge in [0.25, 0.3) is 10.1 Å². The van der Waals surface area contributed by atoms with E-state index < -0.39 is 28.5 Å². The first-order valence-electron chi connectivity index (χ1n) is 7.48. The average Bonchev–Trinajstić information content (AvgIpc) is 2.52. The molecular weight excluding hydrogens is 322 g/mol. The third kappa shape index (κ3) is 7.25. The zero-order valence-corrected chi connectivity index (χ0v) is 13.9. The van der Waals surface area contributed by atoms with Crippen LogP contribution in [0.25, 0.3) is 0 Å². The van der Waals surface area contributed by atoms with Crippen molar-refractivity contribution in [3.8, 4) is 0 Å². The molecule has 1 amide bonds. The summed E-state index contributed by atoms with van der Waals surface area (Å²) in [5, 5.41) is 0. The number of carbonyl (C=O) groups is 2. The zero-order valence-electron chi connectivity index (χ0n) is 14.1. The second-order valence-corrected chi connectivity index (χ2v) is 6.54. The summed E-state index contributed by atoms with van der Waals surface area (Å²) in [6, 6.07) is 8.07. The molecular formula is C15H21NO6S. The Morgan fingerprint density at radius 2 is 2.04 bits per heavy atom. The number of ether oxygens (including phenoxy) is 1. The van der Waals surface area contributed by atoms with E-state index in [1.807, 2.05) is 6.07 Å². The molecule has 1 aromatic carbocycles. The predicted octanol–water partition coefficient (Wildman–Crippen LogP) is 0.595. The topological polar surface area (TPSA) is 90.0 Å². The van der Waals surface area contributed by atoms with Crippen LogP contribution in [0.15, 0.2) is 30.3 Å². The van der Waals surface area contributed by atoms with Gasteiger partial charge >= 0.3 is 5.97 Å². The highest BCUT2D eigenvalue weighted by Gasteiger charge is 2.26. The molecule has 23 heavy (non-hydrogen) atoms. The highest BCUT2D eigenvalue weighted by molar-refractivity contribution is 7.85. The van der Waals surface area contributed by atoms with Crippen LogP contribution in [0.4, 0.5) is 0 Å². The van der Waals surface area contributed by atoms with Crippen molar-refractivity contribution in [2.75, 3.05) is 26.5 Å². The molecule has 1 atom stereocenters. The average molecular weight is 344 g/mol. The number of rotatable bonds is 9. The summed E-state index contributed by atoms with van der Waals surface area (Å²) in [6.07, 6.45) is 0.249. The van der Waals surface area contributed by atoms with Crippen LogP contribution < -0.4 is 0 Å². The molecule has 0 saturated carbocycles. The van der Waals surface area contributed by atoms with Gasteiger partial charge in [0.2, 0.25) is 6.39 Å². The summed E-state index contributed by atoms with van der Waals surface area (Å²) in [4.78, 5) is 24.7. The molecule has 0 aliphatic rings. The van der Waals surface area contributed by atoms with E-state index in [0.717, 1.165) is 16.7 Å².